The van der Waals surface area contributed by atoms with Gasteiger partial charge in [-0.3, -0.25) is 0 Å². The predicted molar refractivity (Wildman–Crippen MR) is 74.4 cm³/mol. The molecule has 2 rings (SSSR count). The molecular formula is C12H23N3O4S. The zero-order valence-electron chi connectivity index (χ0n) is 11.8. The lowest BCUT2D eigenvalue weighted by Gasteiger charge is -2.29. The summed E-state index contributed by atoms with van der Waals surface area (Å²) in [5.41, 5.74) is 0. The van der Waals surface area contributed by atoms with Crippen LogP contribution in [0.15, 0.2) is 0 Å². The van der Waals surface area contributed by atoms with Crippen LogP contribution in [0, 0.1) is 5.92 Å². The topological polar surface area (TPSA) is 87.7 Å². The van der Waals surface area contributed by atoms with E-state index in [0.29, 0.717) is 12.5 Å². The number of nitrogens with one attached hydrogen (secondary N) is 2. The van der Waals surface area contributed by atoms with E-state index in [-0.39, 0.29) is 12.6 Å². The maximum absolute atomic E-state index is 12.3. The number of rotatable bonds is 6. The van der Waals surface area contributed by atoms with E-state index in [2.05, 4.69) is 10.1 Å². The Kier molecular flexibility index (Phi) is 5.22. The van der Waals surface area contributed by atoms with Crippen LogP contribution in [0.1, 0.15) is 32.6 Å². The Hall–Kier alpha value is -0.860. The van der Waals surface area contributed by atoms with E-state index in [1.807, 2.05) is 4.72 Å². The molecule has 1 aliphatic heterocycles. The van der Waals surface area contributed by atoms with Crippen LogP contribution in [-0.4, -0.2) is 51.1 Å². The summed E-state index contributed by atoms with van der Waals surface area (Å²) < 4.78 is 32.6. The Morgan fingerprint density at radius 2 is 2.15 bits per heavy atom. The molecule has 1 aliphatic carbocycles. The van der Waals surface area contributed by atoms with Gasteiger partial charge in [0.2, 0.25) is 0 Å². The molecule has 0 aromatic heterocycles. The molecule has 1 atom stereocenters. The van der Waals surface area contributed by atoms with Gasteiger partial charge in [0.25, 0.3) is 0 Å². The molecular weight excluding hydrogens is 282 g/mol. The van der Waals surface area contributed by atoms with Crippen molar-refractivity contribution in [2.24, 2.45) is 5.92 Å². The smallest absolute Gasteiger partial charge is 0.421 e. The number of amides is 1. The molecule has 1 amide bonds. The van der Waals surface area contributed by atoms with Crippen LogP contribution in [0.5, 0.6) is 0 Å². The maximum Gasteiger partial charge on any atom is 0.421 e. The molecule has 1 heterocycles. The van der Waals surface area contributed by atoms with Gasteiger partial charge in [0.15, 0.2) is 0 Å². The minimum atomic E-state index is -3.80. The molecule has 1 saturated carbocycles. The summed E-state index contributed by atoms with van der Waals surface area (Å²) in [6.45, 7) is 4.08. The number of piperidine rings is 1. The summed E-state index contributed by atoms with van der Waals surface area (Å²) in [6, 6.07) is 0.0313. The number of ether oxygens (including phenoxy) is 1. The lowest BCUT2D eigenvalue weighted by Crippen LogP contribution is -2.48. The average molecular weight is 305 g/mol. The van der Waals surface area contributed by atoms with Crippen molar-refractivity contribution in [1.82, 2.24) is 14.3 Å². The van der Waals surface area contributed by atoms with Crippen LogP contribution >= 0.6 is 0 Å². The minimum Gasteiger partial charge on any atom is -0.449 e. The molecule has 0 aromatic carbocycles. The van der Waals surface area contributed by atoms with Crippen LogP contribution in [0.3, 0.4) is 0 Å². The maximum atomic E-state index is 12.3. The van der Waals surface area contributed by atoms with Gasteiger partial charge >= 0.3 is 16.3 Å². The Bertz CT molecular complexity index is 430. The SMILES string of the molecule is CCOC(=O)NS(=O)(=O)N(CC1CCCNC1)C1CC1. The predicted octanol–water partition coefficient (Wildman–Crippen LogP) is 0.441. The Morgan fingerprint density at radius 3 is 2.70 bits per heavy atom. The molecule has 0 radical (unpaired) electrons. The summed E-state index contributed by atoms with van der Waals surface area (Å²) in [6.07, 6.45) is 2.91. The first-order valence-corrected chi connectivity index (χ1v) is 8.64. The third-order valence-corrected chi connectivity index (χ3v) is 5.08. The minimum absolute atomic E-state index is 0.0313. The Labute approximate surface area is 120 Å². The summed E-state index contributed by atoms with van der Waals surface area (Å²) in [7, 11) is -3.80. The van der Waals surface area contributed by atoms with Gasteiger partial charge in [-0.1, -0.05) is 0 Å². The van der Waals surface area contributed by atoms with Crippen molar-refractivity contribution in [3.05, 3.63) is 0 Å². The zero-order chi connectivity index (χ0) is 14.6. The van der Waals surface area contributed by atoms with E-state index in [0.717, 1.165) is 38.8 Å². The van der Waals surface area contributed by atoms with Gasteiger partial charge in [0, 0.05) is 12.6 Å². The van der Waals surface area contributed by atoms with E-state index in [9.17, 15) is 13.2 Å². The Balaban J connectivity index is 1.97. The average Bonchev–Trinajstić information content (AvgIpc) is 3.21. The number of carbonyl (C=O) groups excluding carboxylic acids is 1. The van der Waals surface area contributed by atoms with Gasteiger partial charge in [0.05, 0.1) is 6.61 Å². The highest BCUT2D eigenvalue weighted by molar-refractivity contribution is 7.87. The Morgan fingerprint density at radius 1 is 1.40 bits per heavy atom. The lowest BCUT2D eigenvalue weighted by molar-refractivity contribution is 0.157. The highest BCUT2D eigenvalue weighted by Gasteiger charge is 2.39. The molecule has 7 nitrogen and oxygen atoms in total. The summed E-state index contributed by atoms with van der Waals surface area (Å²) in [4.78, 5) is 11.3. The molecule has 0 bridgehead atoms. The molecule has 1 unspecified atom stereocenters. The second-order valence-electron chi connectivity index (χ2n) is 5.34. The summed E-state index contributed by atoms with van der Waals surface area (Å²) in [5, 5.41) is 3.28. The molecule has 1 saturated heterocycles. The van der Waals surface area contributed by atoms with Crippen LogP contribution in [0.4, 0.5) is 4.79 Å². The van der Waals surface area contributed by atoms with Crippen LogP contribution in [-0.2, 0) is 14.9 Å². The second-order valence-corrected chi connectivity index (χ2v) is 6.96. The van der Waals surface area contributed by atoms with Crippen molar-refractivity contribution < 1.29 is 17.9 Å². The first-order valence-electron chi connectivity index (χ1n) is 7.20. The molecule has 2 fully saturated rings. The fraction of sp³-hybridized carbons (Fsp3) is 0.917. The van der Waals surface area contributed by atoms with Crippen molar-refractivity contribution in [1.29, 1.82) is 0 Å². The first-order chi connectivity index (χ1) is 9.53. The number of hydrogen-bond acceptors (Lipinski definition) is 5. The summed E-state index contributed by atoms with van der Waals surface area (Å²) in [5.74, 6) is 0.308. The van der Waals surface area contributed by atoms with Crippen LogP contribution < -0.4 is 10.0 Å². The fourth-order valence-electron chi connectivity index (χ4n) is 2.46. The third kappa shape index (κ3) is 4.32. The van der Waals surface area contributed by atoms with Gasteiger partial charge in [0.1, 0.15) is 0 Å². The van der Waals surface area contributed by atoms with Crippen molar-refractivity contribution in [2.75, 3.05) is 26.2 Å². The molecule has 20 heavy (non-hydrogen) atoms. The second kappa shape index (κ2) is 6.73. The number of carbonyl (C=O) groups is 1. The lowest BCUT2D eigenvalue weighted by atomic mass is 10.00. The zero-order valence-corrected chi connectivity index (χ0v) is 12.6. The number of nitrogens with zero attached hydrogens (tertiary/aromatic N) is 1. The van der Waals surface area contributed by atoms with Gasteiger partial charge in [-0.2, -0.15) is 12.7 Å². The molecule has 116 valence electrons. The van der Waals surface area contributed by atoms with Gasteiger partial charge in [-0.05, 0) is 51.6 Å². The molecule has 2 N–H and O–H groups in total. The highest BCUT2D eigenvalue weighted by atomic mass is 32.2. The van der Waals surface area contributed by atoms with Gasteiger partial charge in [-0.15, -0.1) is 0 Å². The fourth-order valence-corrected chi connectivity index (χ4v) is 3.86. The van der Waals surface area contributed by atoms with Crippen molar-refractivity contribution >= 4 is 16.3 Å². The van der Waals surface area contributed by atoms with Crippen molar-refractivity contribution in [2.45, 2.75) is 38.6 Å². The monoisotopic (exact) mass is 305 g/mol. The molecule has 0 spiro atoms. The van der Waals surface area contributed by atoms with Crippen LogP contribution in [0.25, 0.3) is 0 Å². The largest absolute Gasteiger partial charge is 0.449 e. The van der Waals surface area contributed by atoms with Crippen molar-refractivity contribution in [3.8, 4) is 0 Å². The van der Waals surface area contributed by atoms with E-state index < -0.39 is 16.3 Å². The molecule has 2 aliphatic rings. The quantitative estimate of drug-likeness (QED) is 0.743. The molecule has 8 heteroatoms. The standard InChI is InChI=1S/C12H23N3O4S/c1-2-19-12(16)14-20(17,18)15(11-5-6-11)9-10-4-3-7-13-8-10/h10-11,13H,2-9H2,1H3,(H,14,16). The van der Waals surface area contributed by atoms with E-state index >= 15 is 0 Å². The van der Waals surface area contributed by atoms with Gasteiger partial charge < -0.3 is 10.1 Å². The van der Waals surface area contributed by atoms with E-state index in [4.69, 9.17) is 0 Å². The highest BCUT2D eigenvalue weighted by Crippen LogP contribution is 2.30. The number of hydrogen-bond donors (Lipinski definition) is 2. The van der Waals surface area contributed by atoms with Crippen molar-refractivity contribution in [3.63, 3.8) is 0 Å². The third-order valence-electron chi connectivity index (χ3n) is 3.59. The van der Waals surface area contributed by atoms with E-state index in [1.54, 1.807) is 6.92 Å². The summed E-state index contributed by atoms with van der Waals surface area (Å²) >= 11 is 0. The van der Waals surface area contributed by atoms with Gasteiger partial charge in [-0.25, -0.2) is 9.52 Å². The normalized spacial score (nSPS) is 23.6. The molecule has 0 aromatic rings. The van der Waals surface area contributed by atoms with Crippen LogP contribution in [0.2, 0.25) is 0 Å². The first kappa shape index (κ1) is 15.5. The van der Waals surface area contributed by atoms with E-state index in [1.165, 1.54) is 4.31 Å².